The first kappa shape index (κ1) is 22.8. The summed E-state index contributed by atoms with van der Waals surface area (Å²) in [5.41, 5.74) is 1.35. The van der Waals surface area contributed by atoms with Crippen LogP contribution in [0.4, 0.5) is 23.9 Å². The number of morpholine rings is 1. The van der Waals surface area contributed by atoms with Crippen LogP contribution < -0.4 is 15.5 Å². The SMILES string of the molecule is O=C(CNC(=O)c1cc(-c2ccccc2)c(N2CCOCC2)s1)Nc1ccc(F)c(F)c1F. The second kappa shape index (κ2) is 10.1. The molecule has 6 nitrogen and oxygen atoms in total. The Labute approximate surface area is 192 Å². The number of ether oxygens (including phenoxy) is 1. The van der Waals surface area contributed by atoms with Gasteiger partial charge in [-0.2, -0.15) is 0 Å². The lowest BCUT2D eigenvalue weighted by Gasteiger charge is -2.28. The molecule has 0 unspecified atom stereocenters. The van der Waals surface area contributed by atoms with Crippen molar-refractivity contribution in [3.05, 3.63) is 70.9 Å². The van der Waals surface area contributed by atoms with E-state index >= 15 is 0 Å². The molecule has 2 aromatic carbocycles. The van der Waals surface area contributed by atoms with E-state index in [-0.39, 0.29) is 0 Å². The number of nitrogens with one attached hydrogen (secondary N) is 2. The van der Waals surface area contributed by atoms with Crippen LogP contribution in [0.3, 0.4) is 0 Å². The predicted octanol–water partition coefficient (Wildman–Crippen LogP) is 4.04. The first-order chi connectivity index (χ1) is 15.9. The lowest BCUT2D eigenvalue weighted by Crippen LogP contribution is -2.36. The highest BCUT2D eigenvalue weighted by atomic mass is 32.1. The number of anilines is 2. The smallest absolute Gasteiger partial charge is 0.261 e. The molecule has 1 aliphatic rings. The number of hydrogen-bond donors (Lipinski definition) is 2. The predicted molar refractivity (Wildman–Crippen MR) is 120 cm³/mol. The molecule has 10 heteroatoms. The summed E-state index contributed by atoms with van der Waals surface area (Å²) in [4.78, 5) is 27.4. The van der Waals surface area contributed by atoms with Crippen LogP contribution in [-0.4, -0.2) is 44.7 Å². The molecular weight excluding hydrogens is 455 g/mol. The van der Waals surface area contributed by atoms with Gasteiger partial charge >= 0.3 is 0 Å². The quantitative estimate of drug-likeness (QED) is 0.528. The molecule has 3 aromatic rings. The molecule has 0 saturated carbocycles. The minimum absolute atomic E-state index is 0.405. The fourth-order valence-corrected chi connectivity index (χ4v) is 4.53. The van der Waals surface area contributed by atoms with Gasteiger partial charge < -0.3 is 20.3 Å². The largest absolute Gasteiger partial charge is 0.378 e. The topological polar surface area (TPSA) is 70.7 Å². The van der Waals surface area contributed by atoms with E-state index in [0.29, 0.717) is 37.2 Å². The molecule has 0 atom stereocenters. The van der Waals surface area contributed by atoms with Crippen molar-refractivity contribution >= 4 is 33.8 Å². The molecule has 2 heterocycles. The van der Waals surface area contributed by atoms with Crippen LogP contribution in [0, 0.1) is 17.5 Å². The van der Waals surface area contributed by atoms with Gasteiger partial charge in [-0.3, -0.25) is 9.59 Å². The maximum atomic E-state index is 13.7. The minimum Gasteiger partial charge on any atom is -0.378 e. The molecule has 4 rings (SSSR count). The molecule has 1 aromatic heterocycles. The van der Waals surface area contributed by atoms with Crippen LogP contribution in [0.15, 0.2) is 48.5 Å². The van der Waals surface area contributed by atoms with Gasteiger partial charge in [-0.1, -0.05) is 30.3 Å². The minimum atomic E-state index is -1.68. The van der Waals surface area contributed by atoms with E-state index in [9.17, 15) is 22.8 Å². The highest BCUT2D eigenvalue weighted by Crippen LogP contribution is 2.39. The van der Waals surface area contributed by atoms with Crippen molar-refractivity contribution in [1.29, 1.82) is 0 Å². The molecule has 0 aliphatic carbocycles. The highest BCUT2D eigenvalue weighted by molar-refractivity contribution is 7.18. The number of thiophene rings is 1. The van der Waals surface area contributed by atoms with Crippen molar-refractivity contribution in [2.75, 3.05) is 43.1 Å². The number of halogens is 3. The average Bonchev–Trinajstić information content (AvgIpc) is 3.30. The third-order valence-corrected chi connectivity index (χ3v) is 6.23. The van der Waals surface area contributed by atoms with Crippen molar-refractivity contribution in [3.8, 4) is 11.1 Å². The second-order valence-electron chi connectivity index (χ2n) is 7.25. The Morgan fingerprint density at radius 1 is 1.00 bits per heavy atom. The Kier molecular flexibility index (Phi) is 6.95. The van der Waals surface area contributed by atoms with Crippen molar-refractivity contribution in [3.63, 3.8) is 0 Å². The van der Waals surface area contributed by atoms with Gasteiger partial charge in [0.2, 0.25) is 5.91 Å². The molecule has 172 valence electrons. The lowest BCUT2D eigenvalue weighted by atomic mass is 10.1. The number of rotatable bonds is 6. The van der Waals surface area contributed by atoms with Crippen LogP contribution in [0.25, 0.3) is 11.1 Å². The Morgan fingerprint density at radius 3 is 2.45 bits per heavy atom. The summed E-state index contributed by atoms with van der Waals surface area (Å²) in [5, 5.41) is 5.54. The lowest BCUT2D eigenvalue weighted by molar-refractivity contribution is -0.115. The third-order valence-electron chi connectivity index (χ3n) is 5.04. The molecule has 2 N–H and O–H groups in total. The molecular formula is C23H20F3N3O3S. The summed E-state index contributed by atoms with van der Waals surface area (Å²) in [6.45, 7) is 2.11. The molecule has 0 radical (unpaired) electrons. The van der Waals surface area contributed by atoms with Crippen molar-refractivity contribution in [1.82, 2.24) is 5.32 Å². The molecule has 1 fully saturated rings. The van der Waals surface area contributed by atoms with E-state index < -0.39 is 41.5 Å². The first-order valence-corrected chi connectivity index (χ1v) is 11.0. The summed E-state index contributed by atoms with van der Waals surface area (Å²) in [5.74, 6) is -5.80. The molecule has 33 heavy (non-hydrogen) atoms. The number of hydrogen-bond acceptors (Lipinski definition) is 5. The molecule has 1 aliphatic heterocycles. The normalized spacial score (nSPS) is 13.6. The van der Waals surface area contributed by atoms with Crippen LogP contribution in [-0.2, 0) is 9.53 Å². The van der Waals surface area contributed by atoms with E-state index in [1.54, 1.807) is 6.07 Å². The monoisotopic (exact) mass is 475 g/mol. The van der Waals surface area contributed by atoms with E-state index in [4.69, 9.17) is 4.74 Å². The van der Waals surface area contributed by atoms with E-state index in [1.807, 2.05) is 30.3 Å². The number of nitrogens with zero attached hydrogens (tertiary/aromatic N) is 1. The first-order valence-electron chi connectivity index (χ1n) is 10.2. The van der Waals surface area contributed by atoms with Crippen molar-refractivity contribution in [2.45, 2.75) is 0 Å². The van der Waals surface area contributed by atoms with Crippen molar-refractivity contribution < 1.29 is 27.5 Å². The maximum Gasteiger partial charge on any atom is 0.261 e. The fourth-order valence-electron chi connectivity index (χ4n) is 3.38. The van der Waals surface area contributed by atoms with E-state index in [0.717, 1.165) is 22.2 Å². The highest BCUT2D eigenvalue weighted by Gasteiger charge is 2.22. The zero-order chi connectivity index (χ0) is 23.4. The summed E-state index contributed by atoms with van der Waals surface area (Å²) in [6.07, 6.45) is 0. The van der Waals surface area contributed by atoms with Gasteiger partial charge in [-0.15, -0.1) is 11.3 Å². The Bertz CT molecular complexity index is 1160. The number of amides is 2. The summed E-state index contributed by atoms with van der Waals surface area (Å²) in [7, 11) is 0. The maximum absolute atomic E-state index is 13.7. The Balaban J connectivity index is 1.47. The zero-order valence-corrected chi connectivity index (χ0v) is 18.2. The van der Waals surface area contributed by atoms with Crippen LogP contribution in [0.1, 0.15) is 9.67 Å². The van der Waals surface area contributed by atoms with Gasteiger partial charge in [-0.25, -0.2) is 13.2 Å². The number of carbonyl (C=O) groups excluding carboxylic acids is 2. The van der Waals surface area contributed by atoms with Crippen molar-refractivity contribution in [2.24, 2.45) is 0 Å². The molecule has 0 bridgehead atoms. The molecule has 0 spiro atoms. The van der Waals surface area contributed by atoms with E-state index in [1.165, 1.54) is 11.3 Å². The molecule has 2 amide bonds. The van der Waals surface area contributed by atoms with Gasteiger partial charge in [0.05, 0.1) is 35.3 Å². The van der Waals surface area contributed by atoms with Gasteiger partial charge in [0.1, 0.15) is 0 Å². The van der Waals surface area contributed by atoms with Gasteiger partial charge in [0, 0.05) is 18.7 Å². The standard InChI is InChI=1S/C23H20F3N3O3S/c24-16-6-7-17(21(26)20(16)25)28-19(30)13-27-22(31)18-12-15(14-4-2-1-3-5-14)23(33-18)29-8-10-32-11-9-29/h1-7,12H,8-11,13H2,(H,27,31)(H,28,30). The van der Waals surface area contributed by atoms with Gasteiger partial charge in [-0.05, 0) is 23.8 Å². The summed E-state index contributed by atoms with van der Waals surface area (Å²) >= 11 is 1.31. The van der Waals surface area contributed by atoms with E-state index in [2.05, 4.69) is 15.5 Å². The number of carbonyl (C=O) groups is 2. The summed E-state index contributed by atoms with van der Waals surface area (Å²) in [6, 6.07) is 13.0. The molecule has 1 saturated heterocycles. The van der Waals surface area contributed by atoms with Crippen LogP contribution in [0.2, 0.25) is 0 Å². The summed E-state index contributed by atoms with van der Waals surface area (Å²) < 4.78 is 45.5. The van der Waals surface area contributed by atoms with Gasteiger partial charge in [0.25, 0.3) is 5.91 Å². The second-order valence-corrected chi connectivity index (χ2v) is 8.28. The average molecular weight is 475 g/mol. The fraction of sp³-hybridized carbons (Fsp3) is 0.217. The van der Waals surface area contributed by atoms with Crippen LogP contribution >= 0.6 is 11.3 Å². The number of benzene rings is 2. The third kappa shape index (κ3) is 5.18. The Morgan fingerprint density at radius 2 is 1.73 bits per heavy atom. The van der Waals surface area contributed by atoms with Gasteiger partial charge in [0.15, 0.2) is 17.5 Å². The Hall–Kier alpha value is -3.37. The zero-order valence-electron chi connectivity index (χ0n) is 17.4. The van der Waals surface area contributed by atoms with Crippen LogP contribution in [0.5, 0.6) is 0 Å².